The molecule has 0 heterocycles. The molecule has 330 valence electrons. The van der Waals surface area contributed by atoms with Gasteiger partial charge in [-0.1, -0.05) is 233 Å². The zero-order valence-corrected chi connectivity index (χ0v) is 41.5. The van der Waals surface area contributed by atoms with Crippen molar-refractivity contribution in [3.63, 3.8) is 0 Å². The van der Waals surface area contributed by atoms with Crippen LogP contribution in [0.2, 0.25) is 0 Å². The highest BCUT2D eigenvalue weighted by molar-refractivity contribution is 4.52. The molecule has 0 saturated heterocycles. The van der Waals surface area contributed by atoms with Crippen molar-refractivity contribution < 1.29 is 43.8 Å². The van der Waals surface area contributed by atoms with E-state index in [4.69, 9.17) is 0 Å². The van der Waals surface area contributed by atoms with Crippen molar-refractivity contribution in [3.8, 4) is 0 Å². The molecular formula is C50H106Br2N2. The van der Waals surface area contributed by atoms with Crippen LogP contribution >= 0.6 is 0 Å². The average molecular weight is 895 g/mol. The van der Waals surface area contributed by atoms with Gasteiger partial charge in [-0.15, -0.1) is 0 Å². The van der Waals surface area contributed by atoms with Crippen molar-refractivity contribution in [1.82, 2.24) is 0 Å². The third-order valence-corrected chi connectivity index (χ3v) is 12.4. The lowest BCUT2D eigenvalue weighted by atomic mass is 10.1. The summed E-state index contributed by atoms with van der Waals surface area (Å²) in [6.07, 6.45) is 58.5. The number of quaternary nitrogens is 2. The standard InChI is InChI=1S/C50H104N2.2BrH/c1-5-9-13-17-21-25-29-33-37-41-45-51(46-42-38-34-30-26-22-18-14-10-6-2)49-50-52(47-43-39-35-31-27-23-19-15-11-7-3)48-44-40-36-32-28-24-20-16-12-8-4;;/h5-50H2,1-4H3;2*1H. The van der Waals surface area contributed by atoms with E-state index in [9.17, 15) is 0 Å². The van der Waals surface area contributed by atoms with Crippen molar-refractivity contribution in [2.45, 2.75) is 285 Å². The molecule has 54 heavy (non-hydrogen) atoms. The van der Waals surface area contributed by atoms with Gasteiger partial charge in [0.15, 0.2) is 0 Å². The van der Waals surface area contributed by atoms with Crippen LogP contribution in [0.1, 0.15) is 285 Å². The highest BCUT2D eigenvalue weighted by Crippen LogP contribution is 2.13. The second-order valence-corrected chi connectivity index (χ2v) is 17.7. The van der Waals surface area contributed by atoms with E-state index in [2.05, 4.69) is 27.7 Å². The van der Waals surface area contributed by atoms with Gasteiger partial charge in [0.25, 0.3) is 0 Å². The van der Waals surface area contributed by atoms with Gasteiger partial charge < -0.3 is 43.8 Å². The fourth-order valence-electron chi connectivity index (χ4n) is 8.55. The molecule has 0 aliphatic carbocycles. The summed E-state index contributed by atoms with van der Waals surface area (Å²) >= 11 is 0. The Hall–Kier alpha value is 0.880. The molecule has 0 radical (unpaired) electrons. The molecule has 0 atom stereocenters. The van der Waals surface area contributed by atoms with Crippen molar-refractivity contribution in [3.05, 3.63) is 0 Å². The van der Waals surface area contributed by atoms with Crippen LogP contribution in [0.4, 0.5) is 0 Å². The number of hydrogen-bond donors (Lipinski definition) is 2. The Balaban J connectivity index is -0.0000130. The Morgan fingerprint density at radius 2 is 0.296 bits per heavy atom. The summed E-state index contributed by atoms with van der Waals surface area (Å²) in [6.45, 7) is 18.0. The van der Waals surface area contributed by atoms with Gasteiger partial charge in [-0.25, -0.2) is 0 Å². The first kappa shape index (κ1) is 59.2. The molecule has 0 aromatic heterocycles. The monoisotopic (exact) mass is 893 g/mol. The van der Waals surface area contributed by atoms with E-state index >= 15 is 0 Å². The Bertz CT molecular complexity index is 517. The average Bonchev–Trinajstić information content (AvgIpc) is 3.15. The van der Waals surface area contributed by atoms with Gasteiger partial charge in [0, 0.05) is 0 Å². The van der Waals surface area contributed by atoms with Crippen molar-refractivity contribution in [2.75, 3.05) is 39.3 Å². The van der Waals surface area contributed by atoms with Crippen LogP contribution in [-0.2, 0) is 0 Å². The summed E-state index contributed by atoms with van der Waals surface area (Å²) in [4.78, 5) is 3.92. The highest BCUT2D eigenvalue weighted by Gasteiger charge is 2.15. The SMILES string of the molecule is CCCCCCCCCCCC[NH+](CCCCCCCCCCCC)CC[NH+](CCCCCCCCCCCC)CCCCCCCCCCCC.[Br-].[Br-]. The molecule has 4 heteroatoms. The summed E-state index contributed by atoms with van der Waals surface area (Å²) < 4.78 is 0. The number of unbranched alkanes of at least 4 members (excludes halogenated alkanes) is 36. The summed E-state index contributed by atoms with van der Waals surface area (Å²) in [7, 11) is 0. The second kappa shape index (κ2) is 53.9. The van der Waals surface area contributed by atoms with Gasteiger partial charge in [-0.05, 0) is 51.4 Å². The summed E-state index contributed by atoms with van der Waals surface area (Å²) in [5.41, 5.74) is 0. The lowest BCUT2D eigenvalue weighted by Gasteiger charge is -2.24. The van der Waals surface area contributed by atoms with Crippen LogP contribution in [0.15, 0.2) is 0 Å². The molecule has 2 nitrogen and oxygen atoms in total. The molecule has 0 aliphatic rings. The van der Waals surface area contributed by atoms with Crippen molar-refractivity contribution in [1.29, 1.82) is 0 Å². The van der Waals surface area contributed by atoms with Crippen LogP contribution in [0, 0.1) is 0 Å². The molecule has 2 N–H and O–H groups in total. The largest absolute Gasteiger partial charge is 1.00 e. The lowest BCUT2D eigenvalue weighted by molar-refractivity contribution is -0.958. The quantitative estimate of drug-likeness (QED) is 0.0569. The number of rotatable bonds is 47. The maximum absolute atomic E-state index is 2.33. The molecule has 0 bridgehead atoms. The van der Waals surface area contributed by atoms with Crippen LogP contribution in [0.3, 0.4) is 0 Å². The van der Waals surface area contributed by atoms with Gasteiger partial charge >= 0.3 is 0 Å². The number of nitrogens with one attached hydrogen (secondary N) is 2. The minimum absolute atomic E-state index is 0. The van der Waals surface area contributed by atoms with E-state index in [1.165, 1.54) is 296 Å². The molecule has 0 spiro atoms. The lowest BCUT2D eigenvalue weighted by Crippen LogP contribution is -3.20. The van der Waals surface area contributed by atoms with Gasteiger partial charge in [0.1, 0.15) is 13.1 Å². The predicted octanol–water partition coefficient (Wildman–Crippen LogP) is 8.45. The first-order chi connectivity index (χ1) is 25.8. The minimum Gasteiger partial charge on any atom is -1.00 e. The second-order valence-electron chi connectivity index (χ2n) is 17.7. The highest BCUT2D eigenvalue weighted by atomic mass is 79.9. The van der Waals surface area contributed by atoms with E-state index in [1.54, 1.807) is 0 Å². The maximum atomic E-state index is 2.33. The van der Waals surface area contributed by atoms with Gasteiger partial charge in [0.05, 0.1) is 26.2 Å². The molecule has 0 aliphatic heterocycles. The third kappa shape index (κ3) is 49.0. The molecule has 0 amide bonds. The molecule has 0 aromatic carbocycles. The van der Waals surface area contributed by atoms with Gasteiger partial charge in [-0.2, -0.15) is 0 Å². The van der Waals surface area contributed by atoms with Crippen molar-refractivity contribution in [2.24, 2.45) is 0 Å². The Morgan fingerprint density at radius 3 is 0.444 bits per heavy atom. The zero-order valence-electron chi connectivity index (χ0n) is 38.3. The predicted molar refractivity (Wildman–Crippen MR) is 239 cm³/mol. The maximum Gasteiger partial charge on any atom is 0.127 e. The van der Waals surface area contributed by atoms with E-state index in [0.29, 0.717) is 0 Å². The van der Waals surface area contributed by atoms with Crippen LogP contribution in [-0.4, -0.2) is 39.3 Å². The van der Waals surface area contributed by atoms with E-state index in [-0.39, 0.29) is 34.0 Å². The summed E-state index contributed by atoms with van der Waals surface area (Å²) in [5, 5.41) is 0. The van der Waals surface area contributed by atoms with E-state index < -0.39 is 0 Å². The first-order valence-electron chi connectivity index (χ1n) is 25.4. The summed E-state index contributed by atoms with van der Waals surface area (Å²) in [5.74, 6) is 0. The van der Waals surface area contributed by atoms with E-state index in [1.807, 2.05) is 9.80 Å². The van der Waals surface area contributed by atoms with Gasteiger partial charge in [0.2, 0.25) is 0 Å². The molecule has 0 aromatic rings. The van der Waals surface area contributed by atoms with Crippen LogP contribution in [0.5, 0.6) is 0 Å². The molecular weight excluding hydrogens is 788 g/mol. The van der Waals surface area contributed by atoms with Crippen LogP contribution < -0.4 is 43.8 Å². The molecule has 0 saturated carbocycles. The molecule has 0 fully saturated rings. The Labute approximate surface area is 365 Å². The molecule has 0 rings (SSSR count). The fraction of sp³-hybridized carbons (Fsp3) is 1.00. The third-order valence-electron chi connectivity index (χ3n) is 12.4. The first-order valence-corrected chi connectivity index (χ1v) is 25.4. The Kier molecular flexibility index (Phi) is 59.1. The van der Waals surface area contributed by atoms with Crippen LogP contribution in [0.25, 0.3) is 0 Å². The number of halogens is 2. The minimum atomic E-state index is 0. The van der Waals surface area contributed by atoms with Gasteiger partial charge in [-0.3, -0.25) is 0 Å². The van der Waals surface area contributed by atoms with E-state index in [0.717, 1.165) is 0 Å². The normalized spacial score (nSPS) is 11.4. The zero-order chi connectivity index (χ0) is 37.7. The van der Waals surface area contributed by atoms with Crippen molar-refractivity contribution >= 4 is 0 Å². The smallest absolute Gasteiger partial charge is 0.127 e. The Morgan fingerprint density at radius 1 is 0.167 bits per heavy atom. The summed E-state index contributed by atoms with van der Waals surface area (Å²) in [6, 6.07) is 0. The fourth-order valence-corrected chi connectivity index (χ4v) is 8.55. The topological polar surface area (TPSA) is 8.88 Å². The molecule has 0 unspecified atom stereocenters. The number of hydrogen-bond acceptors (Lipinski definition) is 0.